The van der Waals surface area contributed by atoms with Crippen LogP contribution in [-0.4, -0.2) is 24.2 Å². The van der Waals surface area contributed by atoms with E-state index in [4.69, 9.17) is 4.74 Å². The molecule has 0 fully saturated rings. The van der Waals surface area contributed by atoms with Gasteiger partial charge in [-0.05, 0) is 29.7 Å². The second-order valence-corrected chi connectivity index (χ2v) is 6.56. The number of hydrogen-bond donors (Lipinski definition) is 2. The molecule has 0 bridgehead atoms. The second-order valence-electron chi connectivity index (χ2n) is 5.57. The molecule has 1 heterocycles. The van der Waals surface area contributed by atoms with Crippen molar-refractivity contribution in [2.75, 3.05) is 7.11 Å². The monoisotopic (exact) mass is 341 g/mol. The topological polar surface area (TPSA) is 58.6 Å². The van der Waals surface area contributed by atoms with Crippen molar-refractivity contribution in [3.63, 3.8) is 0 Å². The first-order valence-electron chi connectivity index (χ1n) is 7.71. The van der Waals surface area contributed by atoms with Crippen LogP contribution >= 0.6 is 11.8 Å². The molecule has 0 saturated heterocycles. The van der Waals surface area contributed by atoms with Gasteiger partial charge in [0.2, 0.25) is 0 Å². The summed E-state index contributed by atoms with van der Waals surface area (Å²) in [6.07, 6.45) is 0.585. The highest BCUT2D eigenvalue weighted by molar-refractivity contribution is 8.03. The molecule has 3 rings (SSSR count). The molecule has 1 atom stereocenters. The number of hydrogen-bond acceptors (Lipinski definition) is 4. The van der Waals surface area contributed by atoms with Crippen molar-refractivity contribution < 1.29 is 14.6 Å². The highest BCUT2D eigenvalue weighted by Crippen LogP contribution is 2.30. The summed E-state index contributed by atoms with van der Waals surface area (Å²) in [7, 11) is 1.62. The molecular formula is C19H19NO3S. The molecule has 1 aliphatic rings. The van der Waals surface area contributed by atoms with Crippen molar-refractivity contribution in [3.8, 4) is 5.75 Å². The van der Waals surface area contributed by atoms with E-state index in [0.717, 1.165) is 16.9 Å². The third-order valence-electron chi connectivity index (χ3n) is 3.87. The molecule has 5 heteroatoms. The zero-order valence-electron chi connectivity index (χ0n) is 13.4. The summed E-state index contributed by atoms with van der Waals surface area (Å²) in [5.74, 6) is 1.31. The van der Waals surface area contributed by atoms with Crippen LogP contribution in [0.4, 0.5) is 0 Å². The average Bonchev–Trinajstić information content (AvgIpc) is 2.87. The molecule has 0 aromatic heterocycles. The Bertz CT molecular complexity index is 758. The number of thioether (sulfide) groups is 1. The number of rotatable bonds is 6. The van der Waals surface area contributed by atoms with Crippen LogP contribution in [0.1, 0.15) is 11.1 Å². The highest BCUT2D eigenvalue weighted by atomic mass is 32.2. The Balaban J connectivity index is 1.68. The summed E-state index contributed by atoms with van der Waals surface area (Å²) in [5, 5.41) is 13.3. The molecule has 2 N–H and O–H groups in total. The molecule has 0 radical (unpaired) electrons. The average molecular weight is 341 g/mol. The maximum atomic E-state index is 12.2. The van der Waals surface area contributed by atoms with Gasteiger partial charge >= 0.3 is 0 Å². The van der Waals surface area contributed by atoms with Crippen LogP contribution in [0.2, 0.25) is 0 Å². The lowest BCUT2D eigenvalue weighted by atomic mass is 10.1. The van der Waals surface area contributed by atoms with Crippen LogP contribution in [0.3, 0.4) is 0 Å². The fourth-order valence-corrected chi connectivity index (χ4v) is 3.59. The highest BCUT2D eigenvalue weighted by Gasteiger charge is 2.31. The summed E-state index contributed by atoms with van der Waals surface area (Å²) in [4.78, 5) is 12.6. The van der Waals surface area contributed by atoms with Gasteiger partial charge < -0.3 is 15.2 Å². The number of aliphatic hydroxyl groups is 1. The molecule has 2 aromatic carbocycles. The third kappa shape index (κ3) is 3.74. The standard InChI is InChI=1S/C19H19NO3S/c1-23-15-9-5-8-14(10-15)12-24-18-17(21)16(20-19(18)22)11-13-6-3-2-4-7-13/h2-10,16,21H,11-12H2,1H3,(H,20,22). The van der Waals surface area contributed by atoms with E-state index in [1.54, 1.807) is 7.11 Å². The molecule has 1 amide bonds. The molecule has 1 unspecified atom stereocenters. The molecule has 4 nitrogen and oxygen atoms in total. The number of carbonyl (C=O) groups is 1. The molecule has 2 aromatic rings. The smallest absolute Gasteiger partial charge is 0.261 e. The van der Waals surface area contributed by atoms with Gasteiger partial charge in [0.25, 0.3) is 5.91 Å². The summed E-state index contributed by atoms with van der Waals surface area (Å²) in [6, 6.07) is 17.2. The molecule has 0 spiro atoms. The normalized spacial score (nSPS) is 17.0. The van der Waals surface area contributed by atoms with Crippen molar-refractivity contribution in [2.24, 2.45) is 0 Å². The van der Waals surface area contributed by atoms with Gasteiger partial charge in [0.15, 0.2) is 0 Å². The lowest BCUT2D eigenvalue weighted by Gasteiger charge is -2.10. The zero-order chi connectivity index (χ0) is 16.9. The maximum Gasteiger partial charge on any atom is 0.261 e. The Labute approximate surface area is 145 Å². The number of nitrogens with one attached hydrogen (secondary N) is 1. The molecule has 124 valence electrons. The quantitative estimate of drug-likeness (QED) is 0.845. The Morgan fingerprint density at radius 1 is 1.12 bits per heavy atom. The summed E-state index contributed by atoms with van der Waals surface area (Å²) in [6.45, 7) is 0. The van der Waals surface area contributed by atoms with Crippen LogP contribution in [0.25, 0.3) is 0 Å². The van der Waals surface area contributed by atoms with Gasteiger partial charge in [-0.1, -0.05) is 42.5 Å². The van der Waals surface area contributed by atoms with Crippen LogP contribution in [0, 0.1) is 0 Å². The van der Waals surface area contributed by atoms with E-state index < -0.39 is 0 Å². The Hall–Kier alpha value is -2.40. The van der Waals surface area contributed by atoms with Crippen LogP contribution < -0.4 is 10.1 Å². The molecular weight excluding hydrogens is 322 g/mol. The van der Waals surface area contributed by atoms with Gasteiger partial charge in [0.1, 0.15) is 16.4 Å². The number of aliphatic hydroxyl groups excluding tert-OH is 1. The molecule has 0 saturated carbocycles. The minimum absolute atomic E-state index is 0.136. The number of carbonyl (C=O) groups excluding carboxylic acids is 1. The van der Waals surface area contributed by atoms with Crippen LogP contribution in [-0.2, 0) is 17.0 Å². The van der Waals surface area contributed by atoms with E-state index in [2.05, 4.69) is 5.32 Å². The first-order valence-corrected chi connectivity index (χ1v) is 8.69. The van der Waals surface area contributed by atoms with Crippen LogP contribution in [0.5, 0.6) is 5.75 Å². The van der Waals surface area contributed by atoms with E-state index in [9.17, 15) is 9.90 Å². The van der Waals surface area contributed by atoms with Gasteiger partial charge in [-0.15, -0.1) is 11.8 Å². The van der Waals surface area contributed by atoms with Gasteiger partial charge in [-0.3, -0.25) is 4.79 Å². The van der Waals surface area contributed by atoms with Crippen molar-refractivity contribution in [3.05, 3.63) is 76.4 Å². The largest absolute Gasteiger partial charge is 0.509 e. The third-order valence-corrected chi connectivity index (χ3v) is 5.04. The van der Waals surface area contributed by atoms with Crippen LogP contribution in [0.15, 0.2) is 65.3 Å². The number of amides is 1. The molecule has 1 aliphatic heterocycles. The minimum atomic E-state index is -0.354. The number of methoxy groups -OCH3 is 1. The lowest BCUT2D eigenvalue weighted by molar-refractivity contribution is -0.116. The number of ether oxygens (including phenoxy) is 1. The fourth-order valence-electron chi connectivity index (χ4n) is 2.62. The fraction of sp³-hybridized carbons (Fsp3) is 0.211. The van der Waals surface area contributed by atoms with Gasteiger partial charge in [-0.25, -0.2) is 0 Å². The minimum Gasteiger partial charge on any atom is -0.509 e. The van der Waals surface area contributed by atoms with E-state index in [1.165, 1.54) is 11.8 Å². The zero-order valence-corrected chi connectivity index (χ0v) is 14.2. The van der Waals surface area contributed by atoms with E-state index in [0.29, 0.717) is 17.1 Å². The Morgan fingerprint density at radius 3 is 2.62 bits per heavy atom. The van der Waals surface area contributed by atoms with Crippen molar-refractivity contribution in [1.29, 1.82) is 0 Å². The Morgan fingerprint density at radius 2 is 1.88 bits per heavy atom. The van der Waals surface area contributed by atoms with E-state index in [-0.39, 0.29) is 17.7 Å². The van der Waals surface area contributed by atoms with Crippen molar-refractivity contribution in [1.82, 2.24) is 5.32 Å². The van der Waals surface area contributed by atoms with E-state index >= 15 is 0 Å². The molecule has 24 heavy (non-hydrogen) atoms. The SMILES string of the molecule is COc1cccc(CSC2=C(O)C(Cc3ccccc3)NC2=O)c1. The predicted molar refractivity (Wildman–Crippen MR) is 96.0 cm³/mol. The summed E-state index contributed by atoms with van der Waals surface area (Å²) in [5.41, 5.74) is 2.12. The summed E-state index contributed by atoms with van der Waals surface area (Å²) < 4.78 is 5.20. The first-order chi connectivity index (χ1) is 11.7. The lowest BCUT2D eigenvalue weighted by Crippen LogP contribution is -2.30. The van der Waals surface area contributed by atoms with Crippen molar-refractivity contribution in [2.45, 2.75) is 18.2 Å². The van der Waals surface area contributed by atoms with E-state index in [1.807, 2.05) is 54.6 Å². The summed E-state index contributed by atoms with van der Waals surface area (Å²) >= 11 is 1.35. The Kier molecular flexibility index (Phi) is 5.11. The van der Waals surface area contributed by atoms with Gasteiger partial charge in [-0.2, -0.15) is 0 Å². The first kappa shape index (κ1) is 16.5. The van der Waals surface area contributed by atoms with Gasteiger partial charge in [0.05, 0.1) is 13.2 Å². The predicted octanol–water partition coefficient (Wildman–Crippen LogP) is 3.44. The number of benzene rings is 2. The second kappa shape index (κ2) is 7.45. The molecule has 0 aliphatic carbocycles. The maximum absolute atomic E-state index is 12.2. The van der Waals surface area contributed by atoms with Crippen molar-refractivity contribution >= 4 is 17.7 Å². The van der Waals surface area contributed by atoms with Gasteiger partial charge in [0, 0.05) is 5.75 Å².